The normalized spacial score (nSPS) is 13.9. The maximum absolute atomic E-state index is 13.7. The van der Waals surface area contributed by atoms with E-state index in [1.807, 2.05) is 0 Å². The fraction of sp³-hybridized carbons (Fsp3) is 0.375. The summed E-state index contributed by atoms with van der Waals surface area (Å²) in [6, 6.07) is 8.22. The first-order valence-corrected chi connectivity index (χ1v) is 12.0. The van der Waals surface area contributed by atoms with Gasteiger partial charge in [-0.05, 0) is 43.0 Å². The van der Waals surface area contributed by atoms with E-state index in [0.717, 1.165) is 18.9 Å². The molecule has 182 valence electrons. The molecule has 6 nitrogen and oxygen atoms in total. The minimum Gasteiger partial charge on any atom is -0.355 e. The van der Waals surface area contributed by atoms with Gasteiger partial charge in [0, 0.05) is 11.4 Å². The molecule has 3 rings (SSSR count). The molecular weight excluding hydrogens is 467 g/mol. The summed E-state index contributed by atoms with van der Waals surface area (Å²) in [4.78, 5) is 37.4. The van der Waals surface area contributed by atoms with Crippen LogP contribution in [0, 0.1) is 23.4 Å². The molecule has 1 saturated carbocycles. The standard InChI is InChI=1S/C24H26F3N3O3S/c25-17-10-11-18(23(27)22(17)26)30-20(31)13-29-24(33)16-8-4-5-9-19(16)34-14-21(32)28-12-15-6-2-1-3-7-15/h4-5,8-11,15H,1-3,6-7,12-14H2,(H,28,32)(H,29,33)(H,30,31). The van der Waals surface area contributed by atoms with Crippen molar-refractivity contribution in [1.82, 2.24) is 10.6 Å². The van der Waals surface area contributed by atoms with Gasteiger partial charge in [-0.3, -0.25) is 14.4 Å². The molecule has 2 aromatic rings. The Kier molecular flexibility index (Phi) is 9.38. The Balaban J connectivity index is 1.49. The molecular formula is C24H26F3N3O3S. The van der Waals surface area contributed by atoms with Crippen molar-refractivity contribution in [2.24, 2.45) is 5.92 Å². The second kappa shape index (κ2) is 12.5. The van der Waals surface area contributed by atoms with Crippen LogP contribution in [0.4, 0.5) is 18.9 Å². The quantitative estimate of drug-likeness (QED) is 0.360. The van der Waals surface area contributed by atoms with E-state index in [1.165, 1.54) is 31.0 Å². The number of rotatable bonds is 9. The van der Waals surface area contributed by atoms with Crippen LogP contribution in [0.15, 0.2) is 41.3 Å². The van der Waals surface area contributed by atoms with Gasteiger partial charge in [0.15, 0.2) is 17.5 Å². The van der Waals surface area contributed by atoms with Gasteiger partial charge in [-0.2, -0.15) is 0 Å². The van der Waals surface area contributed by atoms with E-state index >= 15 is 0 Å². The van der Waals surface area contributed by atoms with E-state index in [9.17, 15) is 27.6 Å². The zero-order valence-electron chi connectivity index (χ0n) is 18.5. The van der Waals surface area contributed by atoms with Gasteiger partial charge in [0.05, 0.1) is 23.5 Å². The molecule has 1 aliphatic carbocycles. The molecule has 34 heavy (non-hydrogen) atoms. The van der Waals surface area contributed by atoms with Gasteiger partial charge in [-0.1, -0.05) is 31.4 Å². The molecule has 0 aromatic heterocycles. The van der Waals surface area contributed by atoms with Crippen molar-refractivity contribution in [3.8, 4) is 0 Å². The van der Waals surface area contributed by atoms with Crippen LogP contribution in [0.5, 0.6) is 0 Å². The maximum atomic E-state index is 13.7. The number of carbonyl (C=O) groups excluding carboxylic acids is 3. The lowest BCUT2D eigenvalue weighted by molar-refractivity contribution is -0.118. The zero-order chi connectivity index (χ0) is 24.5. The maximum Gasteiger partial charge on any atom is 0.252 e. The van der Waals surface area contributed by atoms with E-state index in [2.05, 4.69) is 16.0 Å². The number of anilines is 1. The summed E-state index contributed by atoms with van der Waals surface area (Å²) in [5, 5.41) is 7.45. The highest BCUT2D eigenvalue weighted by Gasteiger charge is 2.18. The third kappa shape index (κ3) is 7.24. The number of nitrogens with one attached hydrogen (secondary N) is 3. The first-order valence-electron chi connectivity index (χ1n) is 11.0. The van der Waals surface area contributed by atoms with Gasteiger partial charge in [-0.25, -0.2) is 13.2 Å². The van der Waals surface area contributed by atoms with Crippen LogP contribution in [-0.4, -0.2) is 36.6 Å². The average molecular weight is 494 g/mol. The van der Waals surface area contributed by atoms with Crippen LogP contribution in [0.25, 0.3) is 0 Å². The first-order chi connectivity index (χ1) is 16.3. The fourth-order valence-electron chi connectivity index (χ4n) is 3.70. The van der Waals surface area contributed by atoms with E-state index < -0.39 is 41.5 Å². The van der Waals surface area contributed by atoms with Gasteiger partial charge in [0.1, 0.15) is 0 Å². The Bertz CT molecular complexity index is 1050. The second-order valence-corrected chi connectivity index (χ2v) is 9.06. The Hall–Kier alpha value is -3.01. The Labute approximate surface area is 200 Å². The molecule has 1 fully saturated rings. The number of benzene rings is 2. The van der Waals surface area contributed by atoms with E-state index in [-0.39, 0.29) is 17.2 Å². The molecule has 0 atom stereocenters. The average Bonchev–Trinajstić information content (AvgIpc) is 2.86. The van der Waals surface area contributed by atoms with Crippen LogP contribution < -0.4 is 16.0 Å². The van der Waals surface area contributed by atoms with E-state index in [0.29, 0.717) is 23.4 Å². The van der Waals surface area contributed by atoms with Crippen LogP contribution in [0.3, 0.4) is 0 Å². The molecule has 3 N–H and O–H groups in total. The summed E-state index contributed by atoms with van der Waals surface area (Å²) in [6.07, 6.45) is 5.92. The monoisotopic (exact) mass is 493 g/mol. The molecule has 0 saturated heterocycles. The molecule has 1 aliphatic rings. The van der Waals surface area contributed by atoms with E-state index in [1.54, 1.807) is 24.3 Å². The Morgan fingerprint density at radius 3 is 2.38 bits per heavy atom. The summed E-state index contributed by atoms with van der Waals surface area (Å²) >= 11 is 1.21. The highest BCUT2D eigenvalue weighted by atomic mass is 32.2. The largest absolute Gasteiger partial charge is 0.355 e. The molecule has 0 spiro atoms. The minimum atomic E-state index is -1.70. The first kappa shape index (κ1) is 25.6. The number of carbonyl (C=O) groups is 3. The molecule has 10 heteroatoms. The van der Waals surface area contributed by atoms with Crippen molar-refractivity contribution < 1.29 is 27.6 Å². The smallest absolute Gasteiger partial charge is 0.252 e. The summed E-state index contributed by atoms with van der Waals surface area (Å²) in [7, 11) is 0. The van der Waals surface area contributed by atoms with Crippen molar-refractivity contribution in [3.63, 3.8) is 0 Å². The lowest BCUT2D eigenvalue weighted by Crippen LogP contribution is -2.33. The third-order valence-corrected chi connectivity index (χ3v) is 6.60. The van der Waals surface area contributed by atoms with Crippen molar-refractivity contribution >= 4 is 35.2 Å². The number of halogens is 3. The van der Waals surface area contributed by atoms with Crippen LogP contribution in [0.1, 0.15) is 42.5 Å². The van der Waals surface area contributed by atoms with Crippen molar-refractivity contribution in [2.45, 2.75) is 37.0 Å². The summed E-state index contributed by atoms with van der Waals surface area (Å²) < 4.78 is 40.0. The van der Waals surface area contributed by atoms with E-state index in [4.69, 9.17) is 0 Å². The number of hydrogen-bond donors (Lipinski definition) is 3. The molecule has 2 aromatic carbocycles. The van der Waals surface area contributed by atoms with Crippen molar-refractivity contribution in [1.29, 1.82) is 0 Å². The third-order valence-electron chi connectivity index (χ3n) is 5.52. The summed E-state index contributed by atoms with van der Waals surface area (Å²) in [6.45, 7) is 0.146. The summed E-state index contributed by atoms with van der Waals surface area (Å²) in [5.41, 5.74) is -0.257. The predicted octanol–water partition coefficient (Wildman–Crippen LogP) is 4.26. The Morgan fingerprint density at radius 2 is 1.62 bits per heavy atom. The molecule has 0 unspecified atom stereocenters. The minimum absolute atomic E-state index is 0.112. The molecule has 0 heterocycles. The topological polar surface area (TPSA) is 87.3 Å². The van der Waals surface area contributed by atoms with Crippen molar-refractivity contribution in [3.05, 3.63) is 59.4 Å². The van der Waals surface area contributed by atoms with Crippen LogP contribution in [0.2, 0.25) is 0 Å². The van der Waals surface area contributed by atoms with Gasteiger partial charge in [0.2, 0.25) is 11.8 Å². The van der Waals surface area contributed by atoms with Gasteiger partial charge >= 0.3 is 0 Å². The second-order valence-electron chi connectivity index (χ2n) is 8.05. The highest BCUT2D eigenvalue weighted by molar-refractivity contribution is 8.00. The van der Waals surface area contributed by atoms with Crippen LogP contribution >= 0.6 is 11.8 Å². The molecule has 0 bridgehead atoms. The summed E-state index contributed by atoms with van der Waals surface area (Å²) in [5.74, 6) is -5.42. The SMILES string of the molecule is O=C(CSc1ccccc1C(=O)NCC(=O)Nc1ccc(F)c(F)c1F)NCC1CCCCC1. The highest BCUT2D eigenvalue weighted by Crippen LogP contribution is 2.24. The van der Waals surface area contributed by atoms with Crippen molar-refractivity contribution in [2.75, 3.05) is 24.2 Å². The number of hydrogen-bond acceptors (Lipinski definition) is 4. The molecule has 0 aliphatic heterocycles. The molecule has 3 amide bonds. The fourth-order valence-corrected chi connectivity index (χ4v) is 4.58. The van der Waals surface area contributed by atoms with Crippen LogP contribution in [-0.2, 0) is 9.59 Å². The lowest BCUT2D eigenvalue weighted by atomic mass is 9.89. The zero-order valence-corrected chi connectivity index (χ0v) is 19.3. The Morgan fingerprint density at radius 1 is 0.882 bits per heavy atom. The number of thioether (sulfide) groups is 1. The predicted molar refractivity (Wildman–Crippen MR) is 124 cm³/mol. The number of amides is 3. The molecule has 0 radical (unpaired) electrons. The van der Waals surface area contributed by atoms with Gasteiger partial charge in [0.25, 0.3) is 5.91 Å². The van der Waals surface area contributed by atoms with Gasteiger partial charge < -0.3 is 16.0 Å². The van der Waals surface area contributed by atoms with Gasteiger partial charge in [-0.15, -0.1) is 11.8 Å². The lowest BCUT2D eigenvalue weighted by Gasteiger charge is -2.21.